The molecule has 5 rings (SSSR count). The average Bonchev–Trinajstić information content (AvgIpc) is 3.32. The zero-order valence-corrected chi connectivity index (χ0v) is 14.4. The number of carbonyl (C=O) groups is 1. The zero-order chi connectivity index (χ0) is 17.0. The lowest BCUT2D eigenvalue weighted by Gasteiger charge is -2.14. The lowest BCUT2D eigenvalue weighted by atomic mass is 10.1. The van der Waals surface area contributed by atoms with Gasteiger partial charge in [0.1, 0.15) is 6.54 Å². The molecule has 0 atom stereocenters. The number of furan rings is 1. The van der Waals surface area contributed by atoms with E-state index in [4.69, 9.17) is 8.83 Å². The molecule has 25 heavy (non-hydrogen) atoms. The van der Waals surface area contributed by atoms with Crippen LogP contribution in [0.25, 0.3) is 22.4 Å². The van der Waals surface area contributed by atoms with Crippen LogP contribution in [0, 0.1) is 0 Å². The van der Waals surface area contributed by atoms with Gasteiger partial charge in [-0.1, -0.05) is 24.3 Å². The number of benzene rings is 2. The topological polar surface area (TPSA) is 72.4 Å². The van der Waals surface area contributed by atoms with Crippen molar-refractivity contribution < 1.29 is 13.6 Å². The summed E-state index contributed by atoms with van der Waals surface area (Å²) in [6.45, 7) is 0.210. The van der Waals surface area contributed by atoms with Crippen molar-refractivity contribution >= 4 is 38.3 Å². The predicted octanol–water partition coefficient (Wildman–Crippen LogP) is 4.41. The molecule has 1 aliphatic heterocycles. The van der Waals surface area contributed by atoms with Crippen LogP contribution in [0.3, 0.4) is 0 Å². The number of rotatable bonds is 3. The van der Waals surface area contributed by atoms with Crippen LogP contribution in [0.1, 0.15) is 16.2 Å². The van der Waals surface area contributed by atoms with E-state index in [0.717, 1.165) is 16.5 Å². The van der Waals surface area contributed by atoms with Gasteiger partial charge in [0.15, 0.2) is 10.4 Å². The Labute approximate surface area is 150 Å². The van der Waals surface area contributed by atoms with E-state index in [2.05, 4.69) is 26.1 Å². The van der Waals surface area contributed by atoms with Gasteiger partial charge in [-0.15, -0.1) is 10.2 Å². The summed E-state index contributed by atoms with van der Waals surface area (Å²) in [7, 11) is 0. The van der Waals surface area contributed by atoms with Gasteiger partial charge in [0, 0.05) is 10.9 Å². The first kappa shape index (κ1) is 14.4. The van der Waals surface area contributed by atoms with Gasteiger partial charge in [0.2, 0.25) is 5.89 Å². The highest BCUT2D eigenvalue weighted by Crippen LogP contribution is 2.38. The zero-order valence-electron chi connectivity index (χ0n) is 12.8. The number of amides is 1. The molecule has 1 amide bonds. The SMILES string of the molecule is O=C1c2cccc3cccc(c23)N1Cc1nnc(-c2ccc(Br)o2)o1. The van der Waals surface area contributed by atoms with E-state index in [9.17, 15) is 4.79 Å². The molecule has 4 aromatic rings. The monoisotopic (exact) mass is 395 g/mol. The molecular weight excluding hydrogens is 386 g/mol. The number of anilines is 1. The fourth-order valence-electron chi connectivity index (χ4n) is 3.12. The third-order valence-corrected chi connectivity index (χ3v) is 4.62. The Kier molecular flexibility index (Phi) is 3.05. The van der Waals surface area contributed by atoms with Crippen molar-refractivity contribution in [1.82, 2.24) is 10.2 Å². The lowest BCUT2D eigenvalue weighted by Crippen LogP contribution is -2.26. The van der Waals surface area contributed by atoms with Crippen LogP contribution in [0.4, 0.5) is 5.69 Å². The van der Waals surface area contributed by atoms with Crippen LogP contribution in [0.2, 0.25) is 0 Å². The maximum Gasteiger partial charge on any atom is 0.283 e. The number of hydrogen-bond donors (Lipinski definition) is 0. The van der Waals surface area contributed by atoms with Crippen LogP contribution in [-0.4, -0.2) is 16.1 Å². The standard InChI is InChI=1S/C18H10BrN3O3/c19-14-8-7-13(24-14)17-21-20-15(25-17)9-22-12-6-2-4-10-3-1-5-11(16(10)12)18(22)23/h1-8H,9H2. The molecule has 6 nitrogen and oxygen atoms in total. The second-order valence-electron chi connectivity index (χ2n) is 5.68. The van der Waals surface area contributed by atoms with Gasteiger partial charge in [-0.05, 0) is 45.6 Å². The number of nitrogens with zero attached hydrogens (tertiary/aromatic N) is 3. The molecule has 3 heterocycles. The van der Waals surface area contributed by atoms with Gasteiger partial charge in [-0.2, -0.15) is 0 Å². The summed E-state index contributed by atoms with van der Waals surface area (Å²) in [6.07, 6.45) is 0. The molecule has 0 radical (unpaired) electrons. The van der Waals surface area contributed by atoms with E-state index in [0.29, 0.717) is 21.9 Å². The highest BCUT2D eigenvalue weighted by Gasteiger charge is 2.30. The van der Waals surface area contributed by atoms with Crippen molar-refractivity contribution in [3.8, 4) is 11.7 Å². The quantitative estimate of drug-likeness (QED) is 0.513. The summed E-state index contributed by atoms with van der Waals surface area (Å²) in [4.78, 5) is 14.4. The van der Waals surface area contributed by atoms with Gasteiger partial charge in [0.05, 0.1) is 5.69 Å². The second kappa shape index (κ2) is 5.29. The van der Waals surface area contributed by atoms with Crippen LogP contribution in [-0.2, 0) is 6.54 Å². The van der Waals surface area contributed by atoms with Crippen molar-refractivity contribution in [2.45, 2.75) is 6.54 Å². The summed E-state index contributed by atoms with van der Waals surface area (Å²) in [6, 6.07) is 15.1. The van der Waals surface area contributed by atoms with Gasteiger partial charge >= 0.3 is 0 Å². The largest absolute Gasteiger partial charge is 0.444 e. The minimum atomic E-state index is -0.0627. The highest BCUT2D eigenvalue weighted by molar-refractivity contribution is 9.10. The first-order valence-corrected chi connectivity index (χ1v) is 8.42. The fraction of sp³-hybridized carbons (Fsp3) is 0.0556. The van der Waals surface area contributed by atoms with Crippen LogP contribution in [0.5, 0.6) is 0 Å². The van der Waals surface area contributed by atoms with Crippen molar-refractivity contribution in [1.29, 1.82) is 0 Å². The summed E-state index contributed by atoms with van der Waals surface area (Å²) in [5.41, 5.74) is 1.56. The van der Waals surface area contributed by atoms with Crippen molar-refractivity contribution in [3.05, 3.63) is 64.7 Å². The Balaban J connectivity index is 1.51. The second-order valence-corrected chi connectivity index (χ2v) is 6.46. The highest BCUT2D eigenvalue weighted by atomic mass is 79.9. The minimum Gasteiger partial charge on any atom is -0.444 e. The number of aromatic nitrogens is 2. The van der Waals surface area contributed by atoms with Gasteiger partial charge in [-0.3, -0.25) is 9.69 Å². The molecular formula is C18H10BrN3O3. The molecule has 0 N–H and O–H groups in total. The number of hydrogen-bond acceptors (Lipinski definition) is 5. The Morgan fingerprint density at radius 3 is 2.64 bits per heavy atom. The minimum absolute atomic E-state index is 0.0627. The molecule has 0 spiro atoms. The van der Waals surface area contributed by atoms with Gasteiger partial charge < -0.3 is 8.83 Å². The Morgan fingerprint density at radius 1 is 1.00 bits per heavy atom. The molecule has 0 saturated carbocycles. The normalized spacial score (nSPS) is 13.2. The van der Waals surface area contributed by atoms with Crippen LogP contribution >= 0.6 is 15.9 Å². The third kappa shape index (κ3) is 2.20. The van der Waals surface area contributed by atoms with E-state index in [1.165, 1.54) is 0 Å². The number of halogens is 1. The Bertz CT molecular complexity index is 1130. The van der Waals surface area contributed by atoms with Crippen molar-refractivity contribution in [2.24, 2.45) is 0 Å². The van der Waals surface area contributed by atoms with Gasteiger partial charge in [0.25, 0.3) is 11.8 Å². The molecule has 0 saturated heterocycles. The fourth-order valence-corrected chi connectivity index (χ4v) is 3.42. The van der Waals surface area contributed by atoms with E-state index in [1.54, 1.807) is 17.0 Å². The third-order valence-electron chi connectivity index (χ3n) is 4.19. The molecule has 1 aliphatic rings. The average molecular weight is 396 g/mol. The van der Waals surface area contributed by atoms with E-state index in [-0.39, 0.29) is 18.3 Å². The van der Waals surface area contributed by atoms with Crippen molar-refractivity contribution in [3.63, 3.8) is 0 Å². The summed E-state index contributed by atoms with van der Waals surface area (Å²) < 4.78 is 11.7. The number of carbonyl (C=O) groups excluding carboxylic acids is 1. The van der Waals surface area contributed by atoms with E-state index >= 15 is 0 Å². The van der Waals surface area contributed by atoms with Gasteiger partial charge in [-0.25, -0.2) is 0 Å². The summed E-state index contributed by atoms with van der Waals surface area (Å²) >= 11 is 3.24. The maximum absolute atomic E-state index is 12.8. The predicted molar refractivity (Wildman–Crippen MR) is 94.2 cm³/mol. The Morgan fingerprint density at radius 2 is 1.84 bits per heavy atom. The van der Waals surface area contributed by atoms with Crippen LogP contribution < -0.4 is 4.90 Å². The van der Waals surface area contributed by atoms with Crippen molar-refractivity contribution in [2.75, 3.05) is 4.90 Å². The summed E-state index contributed by atoms with van der Waals surface area (Å²) in [5.74, 6) is 1.04. The molecule has 0 unspecified atom stereocenters. The maximum atomic E-state index is 12.8. The Hall–Kier alpha value is -2.93. The first-order valence-electron chi connectivity index (χ1n) is 7.62. The molecule has 0 fully saturated rings. The van der Waals surface area contributed by atoms with E-state index in [1.807, 2.05) is 36.4 Å². The summed E-state index contributed by atoms with van der Waals surface area (Å²) in [5, 5.41) is 10.0. The molecule has 0 bridgehead atoms. The molecule has 2 aromatic heterocycles. The lowest BCUT2D eigenvalue weighted by molar-refractivity contribution is 0.0989. The molecule has 2 aromatic carbocycles. The molecule has 7 heteroatoms. The molecule has 122 valence electrons. The molecule has 0 aliphatic carbocycles. The smallest absolute Gasteiger partial charge is 0.283 e. The van der Waals surface area contributed by atoms with Crippen LogP contribution in [0.15, 0.2) is 62.0 Å². The van der Waals surface area contributed by atoms with E-state index < -0.39 is 0 Å². The first-order chi connectivity index (χ1) is 12.2.